The summed E-state index contributed by atoms with van der Waals surface area (Å²) in [6.07, 6.45) is 1.85. The van der Waals surface area contributed by atoms with Gasteiger partial charge in [0.05, 0.1) is 0 Å². The van der Waals surface area contributed by atoms with Gasteiger partial charge in [0, 0.05) is 0 Å². The van der Waals surface area contributed by atoms with Gasteiger partial charge in [-0.25, -0.2) is 9.13 Å². The lowest BCUT2D eigenvalue weighted by Crippen LogP contribution is -1.91. The van der Waals surface area contributed by atoms with Gasteiger partial charge in [-0.05, 0) is 59.4 Å². The van der Waals surface area contributed by atoms with Crippen LogP contribution in [0.2, 0.25) is 0 Å². The van der Waals surface area contributed by atoms with Crippen molar-refractivity contribution in [2.45, 2.75) is 26.7 Å². The second-order valence-electron chi connectivity index (χ2n) is 5.78. The molecule has 0 aliphatic heterocycles. The topological polar surface area (TPSA) is 196 Å². The zero-order valence-electron chi connectivity index (χ0n) is 16.3. The monoisotopic (exact) mass is 464 g/mol. The van der Waals surface area contributed by atoms with E-state index in [9.17, 15) is 10.2 Å². The Kier molecular flexibility index (Phi) is 11.8. The van der Waals surface area contributed by atoms with Crippen LogP contribution in [0.3, 0.4) is 0 Å². The summed E-state index contributed by atoms with van der Waals surface area (Å²) < 4.78 is 17.8. The molecule has 2 rings (SSSR count). The highest BCUT2D eigenvalue weighted by Gasteiger charge is 2.09. The first-order valence-corrected chi connectivity index (χ1v) is 11.7. The van der Waals surface area contributed by atoms with E-state index in [0.717, 1.165) is 24.0 Å². The van der Waals surface area contributed by atoms with E-state index in [-0.39, 0.29) is 11.5 Å². The van der Waals surface area contributed by atoms with Crippen LogP contribution in [-0.4, -0.2) is 39.6 Å². The van der Waals surface area contributed by atoms with Crippen LogP contribution in [0.15, 0.2) is 48.5 Å². The van der Waals surface area contributed by atoms with Gasteiger partial charge in [0.25, 0.3) is 0 Å². The van der Waals surface area contributed by atoms with Crippen molar-refractivity contribution >= 4 is 26.8 Å². The number of hydrogen-bond acceptors (Lipinski definition) is 4. The van der Waals surface area contributed by atoms with Gasteiger partial charge in [0.1, 0.15) is 11.5 Å². The van der Waals surface area contributed by atoms with E-state index in [1.54, 1.807) is 24.3 Å². The molecule has 0 aromatic heterocycles. The lowest BCUT2D eigenvalue weighted by molar-refractivity contribution is 0.272. The summed E-state index contributed by atoms with van der Waals surface area (Å²) in [5.74, 6) is 0.568. The Morgan fingerprint density at radius 3 is 0.967 bits per heavy atom. The van der Waals surface area contributed by atoms with Crippen molar-refractivity contribution in [3.63, 3.8) is 0 Å². The average Bonchev–Trinajstić information content (AvgIpc) is 2.59. The Morgan fingerprint density at radius 2 is 0.800 bits per heavy atom. The van der Waals surface area contributed by atoms with E-state index in [0.29, 0.717) is 0 Å². The van der Waals surface area contributed by atoms with Crippen molar-refractivity contribution in [2.24, 2.45) is 0 Å². The van der Waals surface area contributed by atoms with E-state index in [1.165, 1.54) is 11.1 Å². The molecular formula is C18H26O10P2. The Balaban J connectivity index is 0.000000702. The van der Waals surface area contributed by atoms with Crippen molar-refractivity contribution in [1.82, 2.24) is 0 Å². The van der Waals surface area contributed by atoms with Crippen LogP contribution in [0, 0.1) is 0 Å². The summed E-state index contributed by atoms with van der Waals surface area (Å²) in [7, 11) is -9.28. The molecule has 0 fully saturated rings. The number of phenolic OH excluding ortho intramolecular Hbond substituents is 2. The third-order valence-electron chi connectivity index (χ3n) is 3.50. The molecule has 2 aromatic rings. The van der Waals surface area contributed by atoms with Crippen molar-refractivity contribution in [1.29, 1.82) is 0 Å². The van der Waals surface area contributed by atoms with Gasteiger partial charge in [-0.15, -0.1) is 0 Å². The van der Waals surface area contributed by atoms with Gasteiger partial charge in [0.2, 0.25) is 0 Å². The molecule has 0 saturated heterocycles. The molecule has 0 radical (unpaired) electrons. The summed E-state index contributed by atoms with van der Waals surface area (Å²) >= 11 is 0. The third-order valence-corrected chi connectivity index (χ3v) is 3.50. The lowest BCUT2D eigenvalue weighted by atomic mass is 9.91. The normalized spacial score (nSPS) is 12.0. The fraction of sp³-hybridized carbons (Fsp3) is 0.222. The SMILES string of the molecule is CC/C(=C(/CC)c1ccc(O)cc1)c1ccc(O)cc1.O=P(O)(O)O.O=P(O)(O)O. The van der Waals surface area contributed by atoms with Gasteiger partial charge >= 0.3 is 15.6 Å². The largest absolute Gasteiger partial charge is 0.508 e. The zero-order valence-corrected chi connectivity index (χ0v) is 18.1. The van der Waals surface area contributed by atoms with Crippen LogP contribution in [0.4, 0.5) is 0 Å². The van der Waals surface area contributed by atoms with Crippen LogP contribution in [0.5, 0.6) is 11.5 Å². The maximum absolute atomic E-state index is 9.41. The second kappa shape index (κ2) is 12.6. The van der Waals surface area contributed by atoms with Gasteiger partial charge < -0.3 is 39.6 Å². The molecule has 0 aliphatic carbocycles. The maximum atomic E-state index is 9.41. The summed E-state index contributed by atoms with van der Waals surface area (Å²) in [5.41, 5.74) is 4.82. The molecule has 2 aromatic carbocycles. The summed E-state index contributed by atoms with van der Waals surface area (Å²) in [6.45, 7) is 4.27. The standard InChI is InChI=1S/C18H20O2.2H3O4P/c1-3-17(13-5-9-15(19)10-6-13)18(4-2)14-7-11-16(20)12-8-14;2*1-5(2,3)4/h5-12,19-20H,3-4H2,1-2H3;2*(H3,1,2,3,4)/b18-17+;;. The molecule has 0 bridgehead atoms. The smallest absolute Gasteiger partial charge is 0.466 e. The molecular weight excluding hydrogens is 438 g/mol. The number of benzene rings is 2. The van der Waals surface area contributed by atoms with Crippen molar-refractivity contribution in [3.05, 3.63) is 59.7 Å². The van der Waals surface area contributed by atoms with E-state index >= 15 is 0 Å². The Labute approximate surface area is 173 Å². The number of rotatable bonds is 4. The van der Waals surface area contributed by atoms with E-state index < -0.39 is 15.6 Å². The number of phenols is 2. The Bertz CT molecular complexity index is 804. The molecule has 0 unspecified atom stereocenters. The van der Waals surface area contributed by atoms with Crippen LogP contribution < -0.4 is 0 Å². The quantitative estimate of drug-likeness (QED) is 0.246. The lowest BCUT2D eigenvalue weighted by Gasteiger charge is -2.14. The zero-order chi connectivity index (χ0) is 23.5. The Hall–Kier alpha value is -2.00. The first kappa shape index (κ1) is 28.0. The maximum Gasteiger partial charge on any atom is 0.466 e. The fourth-order valence-corrected chi connectivity index (χ4v) is 2.51. The first-order valence-electron chi connectivity index (χ1n) is 8.53. The predicted octanol–water partition coefficient (Wildman–Crippen LogP) is 2.97. The van der Waals surface area contributed by atoms with Gasteiger partial charge in [-0.3, -0.25) is 0 Å². The third kappa shape index (κ3) is 14.1. The molecule has 0 atom stereocenters. The molecule has 168 valence electrons. The summed E-state index contributed by atoms with van der Waals surface area (Å²) in [6, 6.07) is 14.7. The minimum absolute atomic E-state index is 0.284. The predicted molar refractivity (Wildman–Crippen MR) is 112 cm³/mol. The number of hydrogen-bond donors (Lipinski definition) is 8. The molecule has 30 heavy (non-hydrogen) atoms. The first-order chi connectivity index (χ1) is 13.7. The highest BCUT2D eigenvalue weighted by molar-refractivity contribution is 7.45. The molecule has 0 heterocycles. The molecule has 0 spiro atoms. The summed E-state index contributed by atoms with van der Waals surface area (Å²) in [5, 5.41) is 18.8. The number of aromatic hydroxyl groups is 2. The highest BCUT2D eigenvalue weighted by atomic mass is 31.2. The van der Waals surface area contributed by atoms with Crippen molar-refractivity contribution in [3.8, 4) is 11.5 Å². The van der Waals surface area contributed by atoms with E-state index in [2.05, 4.69) is 13.8 Å². The number of allylic oxidation sites excluding steroid dienone is 2. The average molecular weight is 464 g/mol. The van der Waals surface area contributed by atoms with E-state index in [4.69, 9.17) is 38.5 Å². The molecule has 8 N–H and O–H groups in total. The molecule has 0 saturated carbocycles. The van der Waals surface area contributed by atoms with Crippen molar-refractivity contribution < 1.29 is 48.7 Å². The Morgan fingerprint density at radius 1 is 0.600 bits per heavy atom. The minimum Gasteiger partial charge on any atom is -0.508 e. The summed E-state index contributed by atoms with van der Waals surface area (Å²) in [4.78, 5) is 43.1. The van der Waals surface area contributed by atoms with Crippen molar-refractivity contribution in [2.75, 3.05) is 0 Å². The highest BCUT2D eigenvalue weighted by Crippen LogP contribution is 2.32. The van der Waals surface area contributed by atoms with E-state index in [1.807, 2.05) is 24.3 Å². The number of phosphoric acid groups is 2. The molecule has 0 aliphatic rings. The van der Waals surface area contributed by atoms with Crippen LogP contribution in [0.25, 0.3) is 11.1 Å². The van der Waals surface area contributed by atoms with Crippen LogP contribution in [0.1, 0.15) is 37.8 Å². The van der Waals surface area contributed by atoms with Gasteiger partial charge in [0.15, 0.2) is 0 Å². The van der Waals surface area contributed by atoms with Gasteiger partial charge in [-0.1, -0.05) is 38.1 Å². The van der Waals surface area contributed by atoms with Gasteiger partial charge in [-0.2, -0.15) is 0 Å². The molecule has 10 nitrogen and oxygen atoms in total. The molecule has 0 amide bonds. The van der Waals surface area contributed by atoms with Crippen LogP contribution >= 0.6 is 15.6 Å². The molecule has 12 heteroatoms. The fourth-order valence-electron chi connectivity index (χ4n) is 2.51. The van der Waals surface area contributed by atoms with Crippen LogP contribution in [-0.2, 0) is 9.13 Å². The minimum atomic E-state index is -4.64. The second-order valence-corrected chi connectivity index (χ2v) is 7.84.